The Bertz CT molecular complexity index is 1380. The zero-order chi connectivity index (χ0) is 23.7. The van der Waals surface area contributed by atoms with Crippen molar-refractivity contribution in [1.29, 1.82) is 0 Å². The molecule has 7 nitrogen and oxygen atoms in total. The molecule has 4 aromatic rings. The summed E-state index contributed by atoms with van der Waals surface area (Å²) in [6.45, 7) is 4.33. The van der Waals surface area contributed by atoms with Gasteiger partial charge < -0.3 is 14.7 Å². The van der Waals surface area contributed by atoms with Gasteiger partial charge in [0.15, 0.2) is 0 Å². The van der Waals surface area contributed by atoms with E-state index in [1.165, 1.54) is 0 Å². The van der Waals surface area contributed by atoms with Crippen LogP contribution < -0.4 is 10.2 Å². The molecule has 0 saturated carbocycles. The molecule has 1 fully saturated rings. The van der Waals surface area contributed by atoms with Crippen molar-refractivity contribution in [2.24, 2.45) is 5.92 Å². The fourth-order valence-corrected chi connectivity index (χ4v) is 4.20. The van der Waals surface area contributed by atoms with E-state index in [4.69, 9.17) is 4.52 Å². The fourth-order valence-electron chi connectivity index (χ4n) is 4.20. The van der Waals surface area contributed by atoms with Crippen molar-refractivity contribution in [1.82, 2.24) is 10.1 Å². The highest BCUT2D eigenvalue weighted by molar-refractivity contribution is 6.04. The first-order chi connectivity index (χ1) is 16.5. The van der Waals surface area contributed by atoms with Gasteiger partial charge in [-0.1, -0.05) is 53.2 Å². The molecule has 1 N–H and O–H groups in total. The summed E-state index contributed by atoms with van der Waals surface area (Å²) in [5.41, 5.74) is 5.16. The van der Waals surface area contributed by atoms with Gasteiger partial charge in [-0.25, -0.2) is 0 Å². The van der Waals surface area contributed by atoms with Crippen LogP contribution >= 0.6 is 0 Å². The van der Waals surface area contributed by atoms with Gasteiger partial charge >= 0.3 is 0 Å². The van der Waals surface area contributed by atoms with Crippen LogP contribution in [-0.2, 0) is 9.59 Å². The molecule has 0 aliphatic carbocycles. The Morgan fingerprint density at radius 1 is 1.00 bits per heavy atom. The fraction of sp³-hybridized carbons (Fsp3) is 0.185. The smallest absolute Gasteiger partial charge is 0.258 e. The Morgan fingerprint density at radius 3 is 2.62 bits per heavy atom. The molecular formula is C27H24N4O3. The van der Waals surface area contributed by atoms with E-state index in [2.05, 4.69) is 15.5 Å². The molecule has 34 heavy (non-hydrogen) atoms. The Hall–Kier alpha value is -4.26. The third-order valence-corrected chi connectivity index (χ3v) is 5.98. The van der Waals surface area contributed by atoms with Crippen LogP contribution in [-0.4, -0.2) is 28.5 Å². The zero-order valence-corrected chi connectivity index (χ0v) is 19.0. The van der Waals surface area contributed by atoms with Crippen LogP contribution in [0.3, 0.4) is 0 Å². The normalized spacial score (nSPS) is 15.5. The Morgan fingerprint density at radius 2 is 1.79 bits per heavy atom. The second-order valence-corrected chi connectivity index (χ2v) is 8.55. The van der Waals surface area contributed by atoms with E-state index in [1.807, 2.05) is 74.5 Å². The van der Waals surface area contributed by atoms with Crippen molar-refractivity contribution in [2.75, 3.05) is 16.8 Å². The molecule has 1 atom stereocenters. The summed E-state index contributed by atoms with van der Waals surface area (Å²) in [5, 5.41) is 7.03. The van der Waals surface area contributed by atoms with Crippen molar-refractivity contribution >= 4 is 23.2 Å². The van der Waals surface area contributed by atoms with Gasteiger partial charge in [-0.3, -0.25) is 9.59 Å². The van der Waals surface area contributed by atoms with Gasteiger partial charge in [0.1, 0.15) is 0 Å². The Balaban J connectivity index is 1.30. The maximum absolute atomic E-state index is 12.9. The average molecular weight is 453 g/mol. The van der Waals surface area contributed by atoms with Crippen LogP contribution in [0.15, 0.2) is 77.3 Å². The predicted octanol–water partition coefficient (Wildman–Crippen LogP) is 5.01. The predicted molar refractivity (Wildman–Crippen MR) is 130 cm³/mol. The largest absolute Gasteiger partial charge is 0.334 e. The maximum Gasteiger partial charge on any atom is 0.258 e. The summed E-state index contributed by atoms with van der Waals surface area (Å²) in [6.07, 6.45) is 0.184. The first-order valence-electron chi connectivity index (χ1n) is 11.2. The van der Waals surface area contributed by atoms with Crippen LogP contribution in [0, 0.1) is 19.8 Å². The monoisotopic (exact) mass is 452 g/mol. The van der Waals surface area contributed by atoms with E-state index in [9.17, 15) is 9.59 Å². The average Bonchev–Trinajstić information content (AvgIpc) is 3.47. The molecule has 1 saturated heterocycles. The molecule has 0 radical (unpaired) electrons. The summed E-state index contributed by atoms with van der Waals surface area (Å²) in [7, 11) is 0. The number of hydrogen-bond acceptors (Lipinski definition) is 5. The van der Waals surface area contributed by atoms with Crippen molar-refractivity contribution < 1.29 is 14.1 Å². The van der Waals surface area contributed by atoms with E-state index in [0.717, 1.165) is 22.4 Å². The number of carbonyl (C=O) groups excluding carboxylic acids is 2. The van der Waals surface area contributed by atoms with Crippen LogP contribution in [0.5, 0.6) is 0 Å². The lowest BCUT2D eigenvalue weighted by Gasteiger charge is -2.19. The molecule has 170 valence electrons. The van der Waals surface area contributed by atoms with Crippen molar-refractivity contribution in [2.45, 2.75) is 20.3 Å². The van der Waals surface area contributed by atoms with Crippen molar-refractivity contribution in [3.63, 3.8) is 0 Å². The molecule has 2 heterocycles. The lowest BCUT2D eigenvalue weighted by Crippen LogP contribution is -2.28. The van der Waals surface area contributed by atoms with E-state index in [-0.39, 0.29) is 18.2 Å². The summed E-state index contributed by atoms with van der Waals surface area (Å²) >= 11 is 0. The zero-order valence-electron chi connectivity index (χ0n) is 19.0. The maximum atomic E-state index is 12.9. The number of para-hydroxylation sites is 1. The molecule has 5 rings (SSSR count). The molecule has 2 amide bonds. The molecule has 1 aliphatic rings. The number of benzene rings is 3. The molecule has 1 aliphatic heterocycles. The number of amides is 2. The topological polar surface area (TPSA) is 88.3 Å². The molecule has 3 aromatic carbocycles. The summed E-state index contributed by atoms with van der Waals surface area (Å²) in [5.74, 6) is 0.223. The number of hydrogen-bond donors (Lipinski definition) is 1. The number of carbonyl (C=O) groups is 2. The highest BCUT2D eigenvalue weighted by atomic mass is 16.5. The Kier molecular flexibility index (Phi) is 5.67. The van der Waals surface area contributed by atoms with Crippen molar-refractivity contribution in [3.05, 3.63) is 83.9 Å². The third-order valence-electron chi connectivity index (χ3n) is 5.98. The molecule has 0 unspecified atom stereocenters. The second kappa shape index (κ2) is 8.94. The van der Waals surface area contributed by atoms with Crippen LogP contribution in [0.4, 0.5) is 11.4 Å². The number of anilines is 2. The van der Waals surface area contributed by atoms with E-state index >= 15 is 0 Å². The van der Waals surface area contributed by atoms with Crippen LogP contribution in [0.25, 0.3) is 22.8 Å². The van der Waals surface area contributed by atoms with E-state index in [1.54, 1.807) is 17.0 Å². The lowest BCUT2D eigenvalue weighted by atomic mass is 10.1. The number of nitrogens with one attached hydrogen (secondary N) is 1. The molecular weight excluding hydrogens is 428 g/mol. The van der Waals surface area contributed by atoms with Gasteiger partial charge in [-0.05, 0) is 49.7 Å². The quantitative estimate of drug-likeness (QED) is 0.460. The molecule has 7 heteroatoms. The molecule has 0 bridgehead atoms. The van der Waals surface area contributed by atoms with Crippen molar-refractivity contribution in [3.8, 4) is 22.8 Å². The van der Waals surface area contributed by atoms with Gasteiger partial charge in [0.05, 0.1) is 5.92 Å². The van der Waals surface area contributed by atoms with E-state index < -0.39 is 5.92 Å². The highest BCUT2D eigenvalue weighted by Crippen LogP contribution is 2.29. The first-order valence-corrected chi connectivity index (χ1v) is 11.2. The SMILES string of the molecule is Cc1cccc(-c2noc(-c3cccc(NC(=O)[C@H]4CC(=O)N(c5ccccc5C)C4)c3)n2)c1. The number of aryl methyl sites for hydroxylation is 2. The summed E-state index contributed by atoms with van der Waals surface area (Å²) < 4.78 is 5.47. The van der Waals surface area contributed by atoms with Gasteiger partial charge in [-0.2, -0.15) is 4.98 Å². The minimum Gasteiger partial charge on any atom is -0.334 e. The third kappa shape index (κ3) is 4.32. The minimum atomic E-state index is -0.424. The van der Waals surface area contributed by atoms with Gasteiger partial charge in [0, 0.05) is 35.5 Å². The van der Waals surface area contributed by atoms with Crippen LogP contribution in [0.2, 0.25) is 0 Å². The number of nitrogens with zero attached hydrogens (tertiary/aromatic N) is 3. The Labute approximate surface area is 197 Å². The first kappa shape index (κ1) is 21.6. The second-order valence-electron chi connectivity index (χ2n) is 8.55. The van der Waals surface area contributed by atoms with Crippen LogP contribution in [0.1, 0.15) is 17.5 Å². The number of aromatic nitrogens is 2. The summed E-state index contributed by atoms with van der Waals surface area (Å²) in [6, 6.07) is 22.9. The molecule has 0 spiro atoms. The van der Waals surface area contributed by atoms with Gasteiger partial charge in [-0.15, -0.1) is 0 Å². The minimum absolute atomic E-state index is 0.0438. The summed E-state index contributed by atoms with van der Waals surface area (Å²) in [4.78, 5) is 31.7. The standard InChI is InChI=1S/C27H24N4O3/c1-17-7-5-9-19(13-17)25-29-27(34-30-25)20-10-6-11-22(14-20)28-26(33)21-15-24(32)31(16-21)23-12-4-3-8-18(23)2/h3-14,21H,15-16H2,1-2H3,(H,28,33)/t21-/m0/s1. The van der Waals surface area contributed by atoms with E-state index in [0.29, 0.717) is 29.5 Å². The number of rotatable bonds is 5. The lowest BCUT2D eigenvalue weighted by molar-refractivity contribution is -0.122. The molecule has 1 aromatic heterocycles. The highest BCUT2D eigenvalue weighted by Gasteiger charge is 2.35. The van der Waals surface area contributed by atoms with Gasteiger partial charge in [0.2, 0.25) is 17.6 Å². The van der Waals surface area contributed by atoms with Gasteiger partial charge in [0.25, 0.3) is 5.89 Å².